The Morgan fingerprint density at radius 3 is 2.65 bits per heavy atom. The monoisotopic (exact) mass is 477 g/mol. The molecule has 0 aromatic carbocycles. The highest BCUT2D eigenvalue weighted by Crippen LogP contribution is 2.14. The van der Waals surface area contributed by atoms with Gasteiger partial charge in [-0.15, -0.1) is 24.0 Å². The third-order valence-corrected chi connectivity index (χ3v) is 4.18. The number of methoxy groups -OCH3 is 1. The molecule has 0 fully saturated rings. The van der Waals surface area contributed by atoms with Crippen LogP contribution in [0, 0.1) is 0 Å². The van der Waals surface area contributed by atoms with E-state index in [9.17, 15) is 0 Å². The lowest BCUT2D eigenvalue weighted by Gasteiger charge is -2.21. The molecule has 0 aliphatic rings. The number of aromatic nitrogens is 1. The quantitative estimate of drug-likeness (QED) is 0.291. The average molecular weight is 477 g/mol. The molecule has 0 amide bonds. The van der Waals surface area contributed by atoms with Gasteiger partial charge in [0.05, 0.1) is 13.7 Å². The number of guanidine groups is 1. The minimum Gasteiger partial charge on any atom is -0.481 e. The van der Waals surface area contributed by atoms with Gasteiger partial charge in [0.2, 0.25) is 5.88 Å². The van der Waals surface area contributed by atoms with Crippen LogP contribution in [0.5, 0.6) is 5.88 Å². The number of hydrogen-bond acceptors (Lipinski definition) is 4. The maximum absolute atomic E-state index is 5.29. The third kappa shape index (κ3) is 9.56. The summed E-state index contributed by atoms with van der Waals surface area (Å²) in [6, 6.07) is 4.28. The predicted octanol–water partition coefficient (Wildman–Crippen LogP) is 3.27. The van der Waals surface area contributed by atoms with Gasteiger partial charge < -0.3 is 20.3 Å². The van der Waals surface area contributed by atoms with Crippen LogP contribution in [0.15, 0.2) is 23.3 Å². The third-order valence-electron chi connectivity index (χ3n) is 4.18. The second kappa shape index (κ2) is 15.0. The molecule has 1 unspecified atom stereocenters. The van der Waals surface area contributed by atoms with Crippen molar-refractivity contribution in [3.63, 3.8) is 0 Å². The molecule has 0 saturated heterocycles. The smallest absolute Gasteiger partial charge is 0.218 e. The average Bonchev–Trinajstić information content (AvgIpc) is 2.63. The molecule has 1 aromatic rings. The Morgan fingerprint density at radius 2 is 2.04 bits per heavy atom. The summed E-state index contributed by atoms with van der Waals surface area (Å²) in [5, 5.41) is 6.80. The van der Waals surface area contributed by atoms with Gasteiger partial charge >= 0.3 is 0 Å². The Hall–Kier alpha value is -1.09. The Labute approximate surface area is 176 Å². The molecule has 150 valence electrons. The van der Waals surface area contributed by atoms with Crippen LogP contribution in [-0.2, 0) is 6.54 Å². The van der Waals surface area contributed by atoms with Crippen LogP contribution >= 0.6 is 24.0 Å². The van der Waals surface area contributed by atoms with E-state index in [4.69, 9.17) is 4.74 Å². The Bertz CT molecular complexity index is 508. The summed E-state index contributed by atoms with van der Waals surface area (Å²) < 4.78 is 5.29. The van der Waals surface area contributed by atoms with E-state index in [-0.39, 0.29) is 24.0 Å². The van der Waals surface area contributed by atoms with E-state index in [0.717, 1.165) is 44.1 Å². The van der Waals surface area contributed by atoms with Crippen LogP contribution in [-0.4, -0.2) is 55.2 Å². The molecule has 1 aromatic heterocycles. The van der Waals surface area contributed by atoms with Gasteiger partial charge in [0.15, 0.2) is 5.96 Å². The summed E-state index contributed by atoms with van der Waals surface area (Å²) in [6.45, 7) is 13.5. The zero-order valence-corrected chi connectivity index (χ0v) is 19.2. The van der Waals surface area contributed by atoms with Crippen molar-refractivity contribution in [3.05, 3.63) is 23.9 Å². The van der Waals surface area contributed by atoms with Gasteiger partial charge in [-0.2, -0.15) is 0 Å². The largest absolute Gasteiger partial charge is 0.481 e. The molecule has 1 rings (SSSR count). The summed E-state index contributed by atoms with van der Waals surface area (Å²) >= 11 is 0. The second-order valence-corrected chi connectivity index (χ2v) is 6.08. The first kappa shape index (κ1) is 24.9. The molecule has 2 N–H and O–H groups in total. The second-order valence-electron chi connectivity index (χ2n) is 6.08. The number of hydrogen-bond donors (Lipinski definition) is 2. The molecular weight excluding hydrogens is 441 g/mol. The van der Waals surface area contributed by atoms with Gasteiger partial charge in [0, 0.05) is 24.3 Å². The molecule has 7 heteroatoms. The molecule has 6 nitrogen and oxygen atoms in total. The van der Waals surface area contributed by atoms with Gasteiger partial charge in [-0.1, -0.05) is 19.9 Å². The summed E-state index contributed by atoms with van der Waals surface area (Å²) in [5.41, 5.74) is 0.983. The molecule has 1 heterocycles. The van der Waals surface area contributed by atoms with Gasteiger partial charge in [-0.3, -0.25) is 0 Å². The number of ether oxygens (including phenoxy) is 1. The van der Waals surface area contributed by atoms with Gasteiger partial charge in [0.25, 0.3) is 0 Å². The predicted molar refractivity (Wildman–Crippen MR) is 121 cm³/mol. The first-order valence-electron chi connectivity index (χ1n) is 9.39. The van der Waals surface area contributed by atoms with E-state index in [0.29, 0.717) is 18.5 Å². The topological polar surface area (TPSA) is 61.8 Å². The Kier molecular flexibility index (Phi) is 14.4. The fraction of sp³-hybridized carbons (Fsp3) is 0.684. The van der Waals surface area contributed by atoms with Crippen LogP contribution in [0.25, 0.3) is 0 Å². The number of nitrogens with one attached hydrogen (secondary N) is 2. The highest BCUT2D eigenvalue weighted by Gasteiger charge is 2.08. The van der Waals surface area contributed by atoms with Crippen molar-refractivity contribution in [2.75, 3.05) is 33.3 Å². The van der Waals surface area contributed by atoms with Crippen LogP contribution in [0.3, 0.4) is 0 Å². The van der Waals surface area contributed by atoms with Crippen molar-refractivity contribution in [3.8, 4) is 5.88 Å². The van der Waals surface area contributed by atoms with Crippen molar-refractivity contribution in [1.82, 2.24) is 20.5 Å². The highest BCUT2D eigenvalue weighted by atomic mass is 127. The number of halogens is 1. The van der Waals surface area contributed by atoms with Crippen LogP contribution in [0.1, 0.15) is 46.1 Å². The van der Waals surface area contributed by atoms with E-state index in [2.05, 4.69) is 53.2 Å². The van der Waals surface area contributed by atoms with Crippen LogP contribution in [0.4, 0.5) is 0 Å². The fourth-order valence-electron chi connectivity index (χ4n) is 2.68. The molecule has 0 radical (unpaired) electrons. The lowest BCUT2D eigenvalue weighted by Crippen LogP contribution is -2.42. The van der Waals surface area contributed by atoms with Gasteiger partial charge in [0.1, 0.15) is 0 Å². The van der Waals surface area contributed by atoms with Crippen molar-refractivity contribution in [2.45, 2.75) is 53.1 Å². The molecule has 0 bridgehead atoms. The number of pyridine rings is 1. The first-order chi connectivity index (χ1) is 12.1. The minimum atomic E-state index is 0. The molecule has 0 spiro atoms. The van der Waals surface area contributed by atoms with E-state index in [1.165, 1.54) is 6.42 Å². The molecule has 26 heavy (non-hydrogen) atoms. The lowest BCUT2D eigenvalue weighted by molar-refractivity contribution is 0.292. The number of nitrogens with zero attached hydrogens (tertiary/aromatic N) is 3. The molecule has 0 aliphatic heterocycles. The lowest BCUT2D eigenvalue weighted by atomic mass is 10.2. The van der Waals surface area contributed by atoms with Gasteiger partial charge in [-0.25, -0.2) is 9.98 Å². The normalized spacial score (nSPS) is 12.5. The van der Waals surface area contributed by atoms with Crippen molar-refractivity contribution in [2.24, 2.45) is 4.99 Å². The molecule has 0 aliphatic carbocycles. The standard InChI is InChI=1S/C19H35N5O.HI/c1-6-20-19(22-15-17-12-9-13-21-18(17)25-5)23-16(4)11-10-14-24(7-2)8-3;/h9,12-13,16H,6-8,10-11,14-15H2,1-5H3,(H2,20,22,23);1H. The van der Waals surface area contributed by atoms with E-state index in [1.54, 1.807) is 13.3 Å². The SMILES string of the molecule is CCNC(=NCc1cccnc1OC)NC(C)CCCN(CC)CC.I. The van der Waals surface area contributed by atoms with Crippen LogP contribution < -0.4 is 15.4 Å². The number of aliphatic imine (C=N–C) groups is 1. The molecule has 0 saturated carbocycles. The van der Waals surface area contributed by atoms with Crippen LogP contribution in [0.2, 0.25) is 0 Å². The molecule has 1 atom stereocenters. The zero-order chi connectivity index (χ0) is 18.5. The Morgan fingerprint density at radius 1 is 1.31 bits per heavy atom. The van der Waals surface area contributed by atoms with Crippen molar-refractivity contribution < 1.29 is 4.74 Å². The first-order valence-corrected chi connectivity index (χ1v) is 9.39. The van der Waals surface area contributed by atoms with Crippen molar-refractivity contribution >= 4 is 29.9 Å². The zero-order valence-electron chi connectivity index (χ0n) is 16.9. The van der Waals surface area contributed by atoms with E-state index < -0.39 is 0 Å². The highest BCUT2D eigenvalue weighted by molar-refractivity contribution is 14.0. The molecular formula is C19H36IN5O. The van der Waals surface area contributed by atoms with Gasteiger partial charge in [-0.05, 0) is 52.4 Å². The van der Waals surface area contributed by atoms with E-state index in [1.807, 2.05) is 12.1 Å². The summed E-state index contributed by atoms with van der Waals surface area (Å²) in [6.07, 6.45) is 4.04. The minimum absolute atomic E-state index is 0. The fourth-order valence-corrected chi connectivity index (χ4v) is 2.68. The maximum atomic E-state index is 5.29. The van der Waals surface area contributed by atoms with E-state index >= 15 is 0 Å². The Balaban J connectivity index is 0.00000625. The number of rotatable bonds is 11. The summed E-state index contributed by atoms with van der Waals surface area (Å²) in [4.78, 5) is 11.3. The summed E-state index contributed by atoms with van der Waals surface area (Å²) in [7, 11) is 1.64. The van der Waals surface area contributed by atoms with Crippen molar-refractivity contribution in [1.29, 1.82) is 0 Å². The summed E-state index contributed by atoms with van der Waals surface area (Å²) in [5.74, 6) is 1.47. The maximum Gasteiger partial charge on any atom is 0.218 e.